The molecule has 1 aliphatic heterocycles. The third kappa shape index (κ3) is 4.40. The molecule has 0 radical (unpaired) electrons. The minimum atomic E-state index is -4.36. The lowest BCUT2D eigenvalue weighted by Gasteiger charge is -2.40. The summed E-state index contributed by atoms with van der Waals surface area (Å²) in [4.78, 5) is 12.8. The Morgan fingerprint density at radius 2 is 1.72 bits per heavy atom. The van der Waals surface area contributed by atoms with Crippen molar-refractivity contribution in [3.63, 3.8) is 0 Å². The quantitative estimate of drug-likeness (QED) is 0.517. The Bertz CT molecular complexity index is 1070. The van der Waals surface area contributed by atoms with Gasteiger partial charge in [0.25, 0.3) is 0 Å². The Labute approximate surface area is 183 Å². The predicted octanol–water partition coefficient (Wildman–Crippen LogP) is 2.42. The highest BCUT2D eigenvalue weighted by molar-refractivity contribution is 5.93. The zero-order chi connectivity index (χ0) is 22.9. The minimum absolute atomic E-state index is 0.158. The third-order valence-electron chi connectivity index (χ3n) is 5.94. The first-order valence-electron chi connectivity index (χ1n) is 10.3. The maximum Gasteiger partial charge on any atom is 0.416 e. The van der Waals surface area contributed by atoms with E-state index in [0.29, 0.717) is 43.8 Å². The topological polar surface area (TPSA) is 105 Å². The molecule has 0 amide bonds. The van der Waals surface area contributed by atoms with E-state index >= 15 is 0 Å². The number of piperazine rings is 1. The first-order valence-corrected chi connectivity index (χ1v) is 10.3. The Morgan fingerprint density at radius 1 is 1.03 bits per heavy atom. The Hall–Kier alpha value is -2.79. The van der Waals surface area contributed by atoms with Gasteiger partial charge in [0.1, 0.15) is 12.6 Å². The minimum Gasteiger partial charge on any atom is -0.374 e. The van der Waals surface area contributed by atoms with E-state index in [-0.39, 0.29) is 6.04 Å². The van der Waals surface area contributed by atoms with Gasteiger partial charge in [0.15, 0.2) is 0 Å². The second-order valence-electron chi connectivity index (χ2n) is 7.80. The van der Waals surface area contributed by atoms with Gasteiger partial charge in [-0.3, -0.25) is 4.90 Å². The smallest absolute Gasteiger partial charge is 0.374 e. The SMILES string of the molecule is NCC(c1ccc(C(F)(F)F)cc1)N1CCN(c2ccc(C(N)O)c3ncncc23)CC1. The highest BCUT2D eigenvalue weighted by Crippen LogP contribution is 2.33. The van der Waals surface area contributed by atoms with Crippen molar-refractivity contribution in [1.29, 1.82) is 0 Å². The van der Waals surface area contributed by atoms with E-state index in [4.69, 9.17) is 11.5 Å². The number of alkyl halides is 3. The molecule has 5 N–H and O–H groups in total. The fourth-order valence-electron chi connectivity index (χ4n) is 4.26. The van der Waals surface area contributed by atoms with Crippen molar-refractivity contribution in [1.82, 2.24) is 14.9 Å². The molecule has 0 bridgehead atoms. The van der Waals surface area contributed by atoms with Gasteiger partial charge < -0.3 is 21.5 Å². The van der Waals surface area contributed by atoms with Gasteiger partial charge in [-0.05, 0) is 23.8 Å². The van der Waals surface area contributed by atoms with Crippen LogP contribution in [0.1, 0.15) is 29.0 Å². The zero-order valence-corrected chi connectivity index (χ0v) is 17.3. The fraction of sp³-hybridized carbons (Fsp3) is 0.364. The van der Waals surface area contributed by atoms with Gasteiger partial charge in [0.05, 0.1) is 11.1 Å². The van der Waals surface area contributed by atoms with Crippen LogP contribution in [-0.4, -0.2) is 52.7 Å². The van der Waals surface area contributed by atoms with Crippen molar-refractivity contribution in [3.05, 3.63) is 65.6 Å². The van der Waals surface area contributed by atoms with Gasteiger partial charge in [-0.1, -0.05) is 18.2 Å². The van der Waals surface area contributed by atoms with Crippen LogP contribution in [0.15, 0.2) is 48.9 Å². The maximum absolute atomic E-state index is 12.9. The molecule has 2 aromatic carbocycles. The molecule has 2 heterocycles. The van der Waals surface area contributed by atoms with Crippen molar-refractivity contribution in [3.8, 4) is 0 Å². The Morgan fingerprint density at radius 3 is 2.31 bits per heavy atom. The molecule has 0 aliphatic carbocycles. The fourth-order valence-corrected chi connectivity index (χ4v) is 4.26. The molecule has 1 aromatic heterocycles. The maximum atomic E-state index is 12.9. The molecule has 170 valence electrons. The summed E-state index contributed by atoms with van der Waals surface area (Å²) >= 11 is 0. The van der Waals surface area contributed by atoms with Crippen LogP contribution in [0.4, 0.5) is 18.9 Å². The molecule has 1 aliphatic rings. The number of aliphatic hydroxyl groups is 1. The second kappa shape index (κ2) is 8.99. The molecule has 7 nitrogen and oxygen atoms in total. The van der Waals surface area contributed by atoms with Gasteiger partial charge >= 0.3 is 6.18 Å². The number of rotatable bonds is 5. The van der Waals surface area contributed by atoms with Crippen LogP contribution in [0.25, 0.3) is 10.9 Å². The lowest BCUT2D eigenvalue weighted by Crippen LogP contribution is -2.49. The van der Waals surface area contributed by atoms with Gasteiger partial charge in [0.2, 0.25) is 0 Å². The number of aromatic nitrogens is 2. The normalized spacial score (nSPS) is 17.5. The molecule has 3 aromatic rings. The molecule has 0 saturated carbocycles. The number of anilines is 1. The first-order chi connectivity index (χ1) is 15.3. The van der Waals surface area contributed by atoms with E-state index < -0.39 is 18.0 Å². The van der Waals surface area contributed by atoms with Gasteiger partial charge in [-0.25, -0.2) is 9.97 Å². The lowest BCUT2D eigenvalue weighted by molar-refractivity contribution is -0.137. The summed E-state index contributed by atoms with van der Waals surface area (Å²) in [5.74, 6) is 0. The Kier molecular flexibility index (Phi) is 6.29. The molecule has 0 spiro atoms. The van der Waals surface area contributed by atoms with Gasteiger partial charge in [-0.2, -0.15) is 13.2 Å². The van der Waals surface area contributed by atoms with E-state index in [9.17, 15) is 18.3 Å². The number of hydrogen-bond donors (Lipinski definition) is 3. The van der Waals surface area contributed by atoms with Crippen LogP contribution in [0.3, 0.4) is 0 Å². The summed E-state index contributed by atoms with van der Waals surface area (Å²) in [5, 5.41) is 10.6. The van der Waals surface area contributed by atoms with Gasteiger partial charge in [0, 0.05) is 61.6 Å². The number of nitrogens with two attached hydrogens (primary N) is 2. The summed E-state index contributed by atoms with van der Waals surface area (Å²) in [5.41, 5.74) is 13.9. The second-order valence-corrected chi connectivity index (χ2v) is 7.80. The van der Waals surface area contributed by atoms with E-state index in [1.807, 2.05) is 6.07 Å². The lowest BCUT2D eigenvalue weighted by atomic mass is 10.0. The highest BCUT2D eigenvalue weighted by atomic mass is 19.4. The van der Waals surface area contributed by atoms with Crippen LogP contribution in [-0.2, 0) is 6.18 Å². The van der Waals surface area contributed by atoms with Crippen molar-refractivity contribution in [2.75, 3.05) is 37.6 Å². The molecule has 10 heteroatoms. The zero-order valence-electron chi connectivity index (χ0n) is 17.3. The first kappa shape index (κ1) is 22.4. The number of nitrogens with zero attached hydrogens (tertiary/aromatic N) is 4. The molecular weight excluding hydrogens is 421 g/mol. The number of aliphatic hydroxyl groups excluding tert-OH is 1. The van der Waals surface area contributed by atoms with E-state index in [1.165, 1.54) is 18.5 Å². The largest absolute Gasteiger partial charge is 0.416 e. The summed E-state index contributed by atoms with van der Waals surface area (Å²) in [6.07, 6.45) is -2.36. The van der Waals surface area contributed by atoms with Crippen LogP contribution < -0.4 is 16.4 Å². The summed E-state index contributed by atoms with van der Waals surface area (Å²) in [6, 6.07) is 8.74. The number of benzene rings is 2. The molecule has 1 fully saturated rings. The molecule has 1 saturated heterocycles. The van der Waals surface area contributed by atoms with Crippen molar-refractivity contribution in [2.45, 2.75) is 18.4 Å². The van der Waals surface area contributed by atoms with Gasteiger partial charge in [-0.15, -0.1) is 0 Å². The summed E-state index contributed by atoms with van der Waals surface area (Å²) in [7, 11) is 0. The molecule has 2 atom stereocenters. The van der Waals surface area contributed by atoms with E-state index in [0.717, 1.165) is 28.8 Å². The van der Waals surface area contributed by atoms with Crippen molar-refractivity contribution in [2.24, 2.45) is 11.5 Å². The number of fused-ring (bicyclic) bond motifs is 1. The standard InChI is InChI=1S/C22H25F3N6O/c23-22(24,25)15-3-1-14(2-4-15)19(11-26)31-9-7-30(8-10-31)18-6-5-16(21(27)32)20-17(18)12-28-13-29-20/h1-6,12-13,19,21,32H,7-11,26-27H2. The predicted molar refractivity (Wildman–Crippen MR) is 116 cm³/mol. The molecule has 4 rings (SSSR count). The van der Waals surface area contributed by atoms with Crippen LogP contribution in [0.2, 0.25) is 0 Å². The monoisotopic (exact) mass is 446 g/mol. The number of halogens is 3. The van der Waals surface area contributed by atoms with Crippen molar-refractivity contribution < 1.29 is 18.3 Å². The molecule has 32 heavy (non-hydrogen) atoms. The van der Waals surface area contributed by atoms with E-state index in [2.05, 4.69) is 19.8 Å². The van der Waals surface area contributed by atoms with E-state index in [1.54, 1.807) is 12.3 Å². The summed E-state index contributed by atoms with van der Waals surface area (Å²) < 4.78 is 38.6. The van der Waals surface area contributed by atoms with Crippen LogP contribution in [0.5, 0.6) is 0 Å². The highest BCUT2D eigenvalue weighted by Gasteiger charge is 2.31. The molecular formula is C22H25F3N6O. The average molecular weight is 446 g/mol. The third-order valence-corrected chi connectivity index (χ3v) is 5.94. The summed E-state index contributed by atoms with van der Waals surface area (Å²) in [6.45, 7) is 3.10. The molecule has 2 unspecified atom stereocenters. The Balaban J connectivity index is 1.51. The average Bonchev–Trinajstić information content (AvgIpc) is 2.79. The van der Waals surface area contributed by atoms with Crippen LogP contribution in [0, 0.1) is 0 Å². The number of hydrogen-bond acceptors (Lipinski definition) is 7. The van der Waals surface area contributed by atoms with Crippen LogP contribution >= 0.6 is 0 Å². The van der Waals surface area contributed by atoms with Crippen molar-refractivity contribution >= 4 is 16.6 Å².